The van der Waals surface area contributed by atoms with Crippen LogP contribution in [-0.4, -0.2) is 59.6 Å². The first kappa shape index (κ1) is 14.9. The molecule has 0 amide bonds. The van der Waals surface area contributed by atoms with Crippen LogP contribution in [0, 0.1) is 0 Å². The molecule has 22 heavy (non-hydrogen) atoms. The molecule has 3 fully saturated rings. The van der Waals surface area contributed by atoms with Gasteiger partial charge in [0.25, 0.3) is 0 Å². The molecule has 0 saturated carbocycles. The second-order valence-electron chi connectivity index (χ2n) is 7.23. The minimum absolute atomic E-state index is 0.797. The number of anilines is 1. The number of aromatic nitrogens is 1. The number of hydrogen-bond acceptors (Lipinski definition) is 5. The van der Waals surface area contributed by atoms with Crippen LogP contribution in [0.1, 0.15) is 43.9 Å². The number of hydrogen-bond donors (Lipinski definition) is 0. The molecule has 0 bridgehead atoms. The minimum atomic E-state index is 0.797. The molecule has 4 rings (SSSR count). The predicted octanol–water partition coefficient (Wildman–Crippen LogP) is 2.80. The summed E-state index contributed by atoms with van der Waals surface area (Å²) < 4.78 is 0. The molecule has 1 unspecified atom stereocenters. The van der Waals surface area contributed by atoms with Crippen LogP contribution in [0.5, 0.6) is 0 Å². The van der Waals surface area contributed by atoms with Gasteiger partial charge >= 0.3 is 0 Å². The summed E-state index contributed by atoms with van der Waals surface area (Å²) in [6.07, 6.45) is 8.98. The summed E-state index contributed by atoms with van der Waals surface area (Å²) in [4.78, 5) is 13.9. The zero-order chi connectivity index (χ0) is 14.9. The van der Waals surface area contributed by atoms with Crippen molar-refractivity contribution in [1.29, 1.82) is 0 Å². The van der Waals surface area contributed by atoms with Gasteiger partial charge in [-0.2, -0.15) is 0 Å². The van der Waals surface area contributed by atoms with E-state index in [1.807, 2.05) is 11.3 Å². The summed E-state index contributed by atoms with van der Waals surface area (Å²) in [5, 5.41) is 1.24. The van der Waals surface area contributed by atoms with Crippen molar-refractivity contribution in [2.75, 3.05) is 37.6 Å². The minimum Gasteiger partial charge on any atom is -0.348 e. The lowest BCUT2D eigenvalue weighted by atomic mass is 9.97. The second kappa shape index (κ2) is 6.46. The average molecular weight is 321 g/mol. The molecule has 1 atom stereocenters. The lowest BCUT2D eigenvalue weighted by Gasteiger charge is -2.49. The van der Waals surface area contributed by atoms with Crippen LogP contribution in [0.4, 0.5) is 5.13 Å². The van der Waals surface area contributed by atoms with Crippen LogP contribution >= 0.6 is 11.3 Å². The van der Waals surface area contributed by atoms with Crippen molar-refractivity contribution in [3.63, 3.8) is 0 Å². The van der Waals surface area contributed by atoms with Gasteiger partial charge in [-0.05, 0) is 39.2 Å². The molecule has 0 spiro atoms. The van der Waals surface area contributed by atoms with Crippen LogP contribution in [0.2, 0.25) is 0 Å². The maximum Gasteiger partial charge on any atom is 0.185 e. The van der Waals surface area contributed by atoms with Crippen molar-refractivity contribution in [1.82, 2.24) is 14.8 Å². The van der Waals surface area contributed by atoms with Crippen LogP contribution in [0.3, 0.4) is 0 Å². The molecule has 4 heterocycles. The van der Waals surface area contributed by atoms with Gasteiger partial charge in [0.15, 0.2) is 5.13 Å². The molecule has 0 aromatic carbocycles. The molecular formula is C17H28N4S. The van der Waals surface area contributed by atoms with Crippen molar-refractivity contribution in [2.24, 2.45) is 0 Å². The fourth-order valence-electron chi connectivity index (χ4n) is 4.19. The standard InChI is InChI=1S/C17H28N4S/c1-14-6-2-3-9-21(14)15-11-19(12-15)13-16-10-18-17(22-16)20-7-4-5-8-20/h10,14-15H,2-9,11-13H2,1H3. The Hall–Kier alpha value is -0.650. The fourth-order valence-corrected chi connectivity index (χ4v) is 5.19. The van der Waals surface area contributed by atoms with E-state index in [1.165, 1.54) is 74.8 Å². The molecule has 0 aliphatic carbocycles. The Morgan fingerprint density at radius 1 is 1.14 bits per heavy atom. The zero-order valence-electron chi connectivity index (χ0n) is 13.7. The maximum absolute atomic E-state index is 4.64. The Bertz CT molecular complexity index is 491. The Kier molecular flexibility index (Phi) is 4.38. The molecule has 122 valence electrons. The average Bonchev–Trinajstić information content (AvgIpc) is 3.14. The highest BCUT2D eigenvalue weighted by atomic mass is 32.1. The highest BCUT2D eigenvalue weighted by Crippen LogP contribution is 2.29. The van der Waals surface area contributed by atoms with Gasteiger partial charge in [-0.3, -0.25) is 9.80 Å². The molecule has 0 N–H and O–H groups in total. The molecule has 1 aromatic heterocycles. The summed E-state index contributed by atoms with van der Waals surface area (Å²) in [5.74, 6) is 0. The van der Waals surface area contributed by atoms with E-state index < -0.39 is 0 Å². The largest absolute Gasteiger partial charge is 0.348 e. The molecule has 5 heteroatoms. The van der Waals surface area contributed by atoms with Gasteiger partial charge in [0, 0.05) is 55.9 Å². The molecular weight excluding hydrogens is 292 g/mol. The van der Waals surface area contributed by atoms with E-state index in [9.17, 15) is 0 Å². The molecule has 3 saturated heterocycles. The van der Waals surface area contributed by atoms with E-state index in [0.717, 1.165) is 18.6 Å². The first-order chi connectivity index (χ1) is 10.8. The Morgan fingerprint density at radius 2 is 1.91 bits per heavy atom. The van der Waals surface area contributed by atoms with E-state index in [1.54, 1.807) is 0 Å². The van der Waals surface area contributed by atoms with Gasteiger partial charge < -0.3 is 4.90 Å². The van der Waals surface area contributed by atoms with Gasteiger partial charge in [-0.15, -0.1) is 11.3 Å². The van der Waals surface area contributed by atoms with Crippen molar-refractivity contribution in [3.05, 3.63) is 11.1 Å². The normalized spacial score (nSPS) is 28.2. The smallest absolute Gasteiger partial charge is 0.185 e. The van der Waals surface area contributed by atoms with Crippen molar-refractivity contribution in [3.8, 4) is 0 Å². The second-order valence-corrected chi connectivity index (χ2v) is 8.33. The van der Waals surface area contributed by atoms with Crippen molar-refractivity contribution >= 4 is 16.5 Å². The van der Waals surface area contributed by atoms with Crippen LogP contribution in [0.25, 0.3) is 0 Å². The third kappa shape index (κ3) is 3.03. The summed E-state index contributed by atoms with van der Waals surface area (Å²) in [7, 11) is 0. The van der Waals surface area contributed by atoms with Gasteiger partial charge in [-0.1, -0.05) is 6.42 Å². The molecule has 1 aromatic rings. The molecule has 4 nitrogen and oxygen atoms in total. The van der Waals surface area contributed by atoms with Crippen LogP contribution < -0.4 is 4.90 Å². The van der Waals surface area contributed by atoms with Crippen molar-refractivity contribution in [2.45, 2.75) is 57.7 Å². The Morgan fingerprint density at radius 3 is 2.68 bits per heavy atom. The van der Waals surface area contributed by atoms with Gasteiger partial charge in [0.05, 0.1) is 0 Å². The Balaban J connectivity index is 1.27. The van der Waals surface area contributed by atoms with Crippen LogP contribution in [0.15, 0.2) is 6.20 Å². The van der Waals surface area contributed by atoms with E-state index in [4.69, 9.17) is 0 Å². The molecule has 3 aliphatic heterocycles. The lowest BCUT2D eigenvalue weighted by Crippen LogP contribution is -2.61. The number of rotatable bonds is 4. The van der Waals surface area contributed by atoms with E-state index in [0.29, 0.717) is 0 Å². The number of thiazole rings is 1. The number of likely N-dealkylation sites (tertiary alicyclic amines) is 2. The third-order valence-corrected chi connectivity index (χ3v) is 6.60. The predicted molar refractivity (Wildman–Crippen MR) is 92.6 cm³/mol. The zero-order valence-corrected chi connectivity index (χ0v) is 14.5. The third-order valence-electron chi connectivity index (χ3n) is 5.56. The summed E-state index contributed by atoms with van der Waals surface area (Å²) in [5.41, 5.74) is 0. The monoisotopic (exact) mass is 320 g/mol. The van der Waals surface area contributed by atoms with E-state index in [-0.39, 0.29) is 0 Å². The SMILES string of the molecule is CC1CCCCN1C1CN(Cc2cnc(N3CCCC3)s2)C1. The summed E-state index contributed by atoms with van der Waals surface area (Å²) in [6.45, 7) is 9.73. The van der Waals surface area contributed by atoms with E-state index in [2.05, 4.69) is 32.8 Å². The first-order valence-electron chi connectivity index (χ1n) is 8.97. The van der Waals surface area contributed by atoms with E-state index >= 15 is 0 Å². The van der Waals surface area contributed by atoms with Crippen LogP contribution in [-0.2, 0) is 6.54 Å². The number of nitrogens with zero attached hydrogens (tertiary/aromatic N) is 4. The summed E-state index contributed by atoms with van der Waals surface area (Å²) in [6, 6.07) is 1.60. The fraction of sp³-hybridized carbons (Fsp3) is 0.824. The summed E-state index contributed by atoms with van der Waals surface area (Å²) >= 11 is 1.90. The van der Waals surface area contributed by atoms with Gasteiger partial charge in [-0.25, -0.2) is 4.98 Å². The van der Waals surface area contributed by atoms with Gasteiger partial charge in [0.1, 0.15) is 0 Å². The quantitative estimate of drug-likeness (QED) is 0.851. The van der Waals surface area contributed by atoms with Gasteiger partial charge in [0.2, 0.25) is 0 Å². The molecule has 0 radical (unpaired) electrons. The first-order valence-corrected chi connectivity index (χ1v) is 9.79. The van der Waals surface area contributed by atoms with Crippen molar-refractivity contribution < 1.29 is 0 Å². The highest BCUT2D eigenvalue weighted by Gasteiger charge is 2.35. The molecule has 3 aliphatic rings. The topological polar surface area (TPSA) is 22.6 Å². The Labute approximate surface area is 138 Å². The highest BCUT2D eigenvalue weighted by molar-refractivity contribution is 7.15. The lowest BCUT2D eigenvalue weighted by molar-refractivity contribution is -0.00577. The maximum atomic E-state index is 4.64. The number of piperidine rings is 1.